The number of methoxy groups -OCH3 is 2. The molecule has 168 valence electrons. The van der Waals surface area contributed by atoms with Crippen LogP contribution in [0.2, 0.25) is 0 Å². The lowest BCUT2D eigenvalue weighted by Crippen LogP contribution is -2.19. The molecular weight excluding hydrogens is 422 g/mol. The highest BCUT2D eigenvalue weighted by molar-refractivity contribution is 7.99. The van der Waals surface area contributed by atoms with Gasteiger partial charge >= 0.3 is 0 Å². The van der Waals surface area contributed by atoms with Gasteiger partial charge in [-0.05, 0) is 42.4 Å². The van der Waals surface area contributed by atoms with Crippen LogP contribution >= 0.6 is 11.8 Å². The third kappa shape index (κ3) is 6.47. The average Bonchev–Trinajstić information content (AvgIpc) is 3.20. The highest BCUT2D eigenvalue weighted by Gasteiger charge is 2.16. The summed E-state index contributed by atoms with van der Waals surface area (Å²) in [7, 11) is 7.27. The molecule has 0 fully saturated rings. The molecule has 2 heterocycles. The number of hydrogen-bond acceptors (Lipinski definition) is 11. The van der Waals surface area contributed by atoms with Crippen molar-refractivity contribution in [2.75, 3.05) is 61.3 Å². The van der Waals surface area contributed by atoms with Crippen molar-refractivity contribution in [3.05, 3.63) is 18.5 Å². The van der Waals surface area contributed by atoms with Gasteiger partial charge in [-0.1, -0.05) is 0 Å². The first-order chi connectivity index (χ1) is 15.1. The Bertz CT molecular complexity index is 970. The Kier molecular flexibility index (Phi) is 8.76. The summed E-state index contributed by atoms with van der Waals surface area (Å²) in [5.74, 6) is 1.18. The largest absolute Gasteiger partial charge is 0.487 e. The fourth-order valence-corrected chi connectivity index (χ4v) is 3.47. The Labute approximate surface area is 185 Å². The van der Waals surface area contributed by atoms with Crippen LogP contribution in [-0.4, -0.2) is 96.4 Å². The zero-order chi connectivity index (χ0) is 22.1. The second-order valence-corrected chi connectivity index (χ2v) is 7.72. The minimum absolute atomic E-state index is 0.390. The van der Waals surface area contributed by atoms with Crippen LogP contribution in [0.5, 0.6) is 11.5 Å². The minimum atomic E-state index is 0.390. The number of hydrogen-bond donors (Lipinski definition) is 0. The number of benzene rings is 1. The molecule has 2 aromatic heterocycles. The molecular formula is C19H27N7O4S. The second kappa shape index (κ2) is 11.7. The third-order valence-electron chi connectivity index (χ3n) is 4.20. The zero-order valence-electron chi connectivity index (χ0n) is 18.1. The maximum Gasteiger partial charge on any atom is 0.215 e. The fraction of sp³-hybridized carbons (Fsp3) is 0.526. The number of fused-ring (bicyclic) bond motifs is 1. The molecule has 0 N–H and O–H groups in total. The zero-order valence-corrected chi connectivity index (χ0v) is 19.0. The molecule has 3 rings (SSSR count). The molecule has 0 aliphatic carbocycles. The molecule has 0 aliphatic heterocycles. The van der Waals surface area contributed by atoms with Crippen molar-refractivity contribution in [2.45, 2.75) is 16.7 Å². The molecule has 3 aromatic rings. The lowest BCUT2D eigenvalue weighted by atomic mass is 10.2. The second-order valence-electron chi connectivity index (χ2n) is 6.77. The number of tetrazole rings is 1. The first-order valence-corrected chi connectivity index (χ1v) is 10.5. The van der Waals surface area contributed by atoms with Crippen molar-refractivity contribution >= 4 is 22.7 Å². The van der Waals surface area contributed by atoms with Crippen LogP contribution in [0.3, 0.4) is 0 Å². The van der Waals surface area contributed by atoms with Crippen LogP contribution < -0.4 is 9.47 Å². The van der Waals surface area contributed by atoms with Gasteiger partial charge in [-0.25, -0.2) is 14.6 Å². The standard InChI is InChI=1S/C19H27N7O4S/c1-25(2)5-6-26-19(22-23-24-26)31-18-14-11-16(29-9-7-27-3)17(30-10-8-28-4)12-15(14)20-13-21-18/h11-13H,5-10H2,1-4H3. The van der Waals surface area contributed by atoms with E-state index >= 15 is 0 Å². The van der Waals surface area contributed by atoms with Crippen LogP contribution in [-0.2, 0) is 16.0 Å². The topological polar surface area (TPSA) is 110 Å². The van der Waals surface area contributed by atoms with E-state index in [1.54, 1.807) is 18.9 Å². The summed E-state index contributed by atoms with van der Waals surface area (Å²) in [4.78, 5) is 10.9. The van der Waals surface area contributed by atoms with Gasteiger partial charge in [0.05, 0.1) is 25.3 Å². The summed E-state index contributed by atoms with van der Waals surface area (Å²) < 4.78 is 23.7. The fourth-order valence-electron chi connectivity index (χ4n) is 2.61. The van der Waals surface area contributed by atoms with Gasteiger partial charge in [-0.3, -0.25) is 0 Å². The van der Waals surface area contributed by atoms with Gasteiger partial charge in [0.2, 0.25) is 5.16 Å². The number of aromatic nitrogens is 6. The minimum Gasteiger partial charge on any atom is -0.487 e. The normalized spacial score (nSPS) is 11.4. The van der Waals surface area contributed by atoms with Crippen molar-refractivity contribution in [1.29, 1.82) is 0 Å². The summed E-state index contributed by atoms with van der Waals surface area (Å²) >= 11 is 1.38. The maximum atomic E-state index is 5.89. The number of rotatable bonds is 13. The Morgan fingerprint density at radius 3 is 2.35 bits per heavy atom. The number of likely N-dealkylation sites (N-methyl/N-ethyl adjacent to an activating group) is 1. The predicted molar refractivity (Wildman–Crippen MR) is 115 cm³/mol. The van der Waals surface area contributed by atoms with E-state index < -0.39 is 0 Å². The molecule has 0 saturated heterocycles. The van der Waals surface area contributed by atoms with Gasteiger partial charge in [-0.15, -0.1) is 5.10 Å². The Morgan fingerprint density at radius 2 is 1.68 bits per heavy atom. The average molecular weight is 450 g/mol. The quantitative estimate of drug-likeness (QED) is 0.279. The molecule has 0 aliphatic rings. The van der Waals surface area contributed by atoms with Crippen molar-refractivity contribution < 1.29 is 18.9 Å². The summed E-state index contributed by atoms with van der Waals surface area (Å²) in [6.45, 7) is 3.22. The first kappa shape index (κ1) is 23.1. The number of nitrogens with zero attached hydrogens (tertiary/aromatic N) is 7. The summed E-state index contributed by atoms with van der Waals surface area (Å²) in [6, 6.07) is 3.72. The highest BCUT2D eigenvalue weighted by Crippen LogP contribution is 2.36. The van der Waals surface area contributed by atoms with Gasteiger partial charge in [0, 0.05) is 32.2 Å². The molecule has 0 atom stereocenters. The molecule has 1 aromatic carbocycles. The van der Waals surface area contributed by atoms with Crippen LogP contribution in [0.15, 0.2) is 28.6 Å². The number of ether oxygens (including phenoxy) is 4. The molecule has 12 heteroatoms. The van der Waals surface area contributed by atoms with E-state index in [-0.39, 0.29) is 0 Å². The molecule has 31 heavy (non-hydrogen) atoms. The summed E-state index contributed by atoms with van der Waals surface area (Å²) in [5, 5.41) is 14.2. The SMILES string of the molecule is COCCOc1cc2ncnc(Sc3nnnn3CCN(C)C)c2cc1OCCOC. The van der Waals surface area contributed by atoms with Crippen molar-refractivity contribution in [1.82, 2.24) is 35.1 Å². The lowest BCUT2D eigenvalue weighted by Gasteiger charge is -2.14. The molecule has 0 unspecified atom stereocenters. The van der Waals surface area contributed by atoms with Crippen molar-refractivity contribution in [2.24, 2.45) is 0 Å². The smallest absolute Gasteiger partial charge is 0.215 e. The molecule has 11 nitrogen and oxygen atoms in total. The monoisotopic (exact) mass is 449 g/mol. The van der Waals surface area contributed by atoms with E-state index in [9.17, 15) is 0 Å². The molecule has 0 bridgehead atoms. The van der Waals surface area contributed by atoms with Gasteiger partial charge in [0.1, 0.15) is 24.6 Å². The van der Waals surface area contributed by atoms with Gasteiger partial charge in [-0.2, -0.15) is 0 Å². The van der Waals surface area contributed by atoms with E-state index in [1.165, 1.54) is 18.1 Å². The highest BCUT2D eigenvalue weighted by atomic mass is 32.2. The van der Waals surface area contributed by atoms with Crippen LogP contribution in [0.1, 0.15) is 0 Å². The molecule has 0 spiro atoms. The van der Waals surface area contributed by atoms with Gasteiger partial charge < -0.3 is 23.8 Å². The maximum absolute atomic E-state index is 5.89. The summed E-state index contributed by atoms with van der Waals surface area (Å²) in [6.07, 6.45) is 1.52. The van der Waals surface area contributed by atoms with E-state index in [2.05, 4.69) is 30.4 Å². The van der Waals surface area contributed by atoms with Crippen LogP contribution in [0.25, 0.3) is 10.9 Å². The lowest BCUT2D eigenvalue weighted by molar-refractivity contribution is 0.132. The van der Waals surface area contributed by atoms with Gasteiger partial charge in [0.15, 0.2) is 11.5 Å². The van der Waals surface area contributed by atoms with Crippen molar-refractivity contribution in [3.63, 3.8) is 0 Å². The van der Waals surface area contributed by atoms with Crippen LogP contribution in [0, 0.1) is 0 Å². The molecule has 0 saturated carbocycles. The van der Waals surface area contributed by atoms with E-state index in [0.717, 1.165) is 22.5 Å². The van der Waals surface area contributed by atoms with Crippen LogP contribution in [0.4, 0.5) is 0 Å². The molecule has 0 amide bonds. The first-order valence-electron chi connectivity index (χ1n) is 9.73. The van der Waals surface area contributed by atoms with Crippen molar-refractivity contribution in [3.8, 4) is 11.5 Å². The third-order valence-corrected chi connectivity index (χ3v) is 5.19. The van der Waals surface area contributed by atoms with E-state index in [0.29, 0.717) is 49.6 Å². The summed E-state index contributed by atoms with van der Waals surface area (Å²) in [5.41, 5.74) is 0.733. The van der Waals surface area contributed by atoms with Gasteiger partial charge in [0.25, 0.3) is 0 Å². The van der Waals surface area contributed by atoms with E-state index in [1.807, 2.05) is 26.2 Å². The Morgan fingerprint density at radius 1 is 0.968 bits per heavy atom. The predicted octanol–water partition coefficient (Wildman–Crippen LogP) is 1.38. The molecule has 0 radical (unpaired) electrons. The van der Waals surface area contributed by atoms with E-state index in [4.69, 9.17) is 18.9 Å². The Balaban J connectivity index is 1.90. The Hall–Kier alpha value is -2.54.